The van der Waals surface area contributed by atoms with E-state index in [4.69, 9.17) is 16.3 Å². The van der Waals surface area contributed by atoms with Crippen molar-refractivity contribution in [2.75, 3.05) is 19.6 Å². The molecule has 1 aliphatic heterocycles. The first-order chi connectivity index (χ1) is 10.7. The van der Waals surface area contributed by atoms with Gasteiger partial charge in [-0.1, -0.05) is 23.7 Å². The lowest BCUT2D eigenvalue weighted by Gasteiger charge is -2.24. The zero-order valence-corrected chi connectivity index (χ0v) is 14.6. The zero-order valence-electron chi connectivity index (χ0n) is 13.9. The van der Waals surface area contributed by atoms with Gasteiger partial charge in [-0.3, -0.25) is 0 Å². The third-order valence-electron chi connectivity index (χ3n) is 3.69. The number of benzene rings is 1. The Kier molecular flexibility index (Phi) is 5.89. The van der Waals surface area contributed by atoms with Crippen molar-refractivity contribution >= 4 is 17.7 Å². The summed E-state index contributed by atoms with van der Waals surface area (Å²) in [5.41, 5.74) is 0.344. The number of hydrogen-bond acceptors (Lipinski definition) is 4. The van der Waals surface area contributed by atoms with Crippen LogP contribution in [0, 0.1) is 0 Å². The van der Waals surface area contributed by atoms with Crippen LogP contribution in [-0.2, 0) is 4.74 Å². The predicted octanol–water partition coefficient (Wildman–Crippen LogP) is 2.97. The summed E-state index contributed by atoms with van der Waals surface area (Å²) in [6.07, 6.45) is -0.0186. The summed E-state index contributed by atoms with van der Waals surface area (Å²) < 4.78 is 5.37. The molecule has 1 amide bonds. The number of aliphatic hydroxyl groups excluding tert-OH is 1. The van der Waals surface area contributed by atoms with E-state index in [0.717, 1.165) is 12.0 Å². The first-order valence-electron chi connectivity index (χ1n) is 7.89. The van der Waals surface area contributed by atoms with E-state index in [2.05, 4.69) is 5.32 Å². The lowest BCUT2D eigenvalue weighted by atomic mass is 10.1. The Bertz CT molecular complexity index is 528. The number of ether oxygens (including phenoxy) is 1. The number of carbonyl (C=O) groups excluding carboxylic acids is 1. The number of amides is 1. The smallest absolute Gasteiger partial charge is 0.410 e. The molecule has 2 N–H and O–H groups in total. The molecule has 0 aliphatic carbocycles. The molecule has 6 heteroatoms. The van der Waals surface area contributed by atoms with Gasteiger partial charge in [-0.2, -0.15) is 0 Å². The number of nitrogens with zero attached hydrogens (tertiary/aromatic N) is 1. The van der Waals surface area contributed by atoms with Crippen LogP contribution >= 0.6 is 11.6 Å². The fourth-order valence-electron chi connectivity index (χ4n) is 2.50. The van der Waals surface area contributed by atoms with Crippen molar-refractivity contribution < 1.29 is 14.6 Å². The number of halogens is 1. The highest BCUT2D eigenvalue weighted by atomic mass is 35.5. The molecule has 1 heterocycles. The first kappa shape index (κ1) is 18.0. The van der Waals surface area contributed by atoms with Crippen LogP contribution < -0.4 is 5.32 Å². The molecule has 128 valence electrons. The van der Waals surface area contributed by atoms with Crippen LogP contribution in [0.2, 0.25) is 5.02 Å². The molecule has 0 saturated carbocycles. The highest BCUT2D eigenvalue weighted by Crippen LogP contribution is 2.18. The van der Waals surface area contributed by atoms with Crippen molar-refractivity contribution in [2.45, 2.75) is 44.9 Å². The van der Waals surface area contributed by atoms with E-state index < -0.39 is 11.7 Å². The van der Waals surface area contributed by atoms with Gasteiger partial charge in [-0.25, -0.2) is 4.79 Å². The van der Waals surface area contributed by atoms with Crippen LogP contribution in [0.4, 0.5) is 4.79 Å². The number of aliphatic hydroxyl groups is 1. The highest BCUT2D eigenvalue weighted by molar-refractivity contribution is 6.30. The van der Waals surface area contributed by atoms with E-state index in [1.165, 1.54) is 0 Å². The summed E-state index contributed by atoms with van der Waals surface area (Å²) in [6.45, 7) is 7.29. The number of nitrogens with one attached hydrogen (secondary N) is 1. The molecule has 1 fully saturated rings. The summed E-state index contributed by atoms with van der Waals surface area (Å²) in [5, 5.41) is 14.1. The third-order valence-corrected chi connectivity index (χ3v) is 3.95. The largest absolute Gasteiger partial charge is 0.444 e. The van der Waals surface area contributed by atoms with Crippen molar-refractivity contribution in [3.05, 3.63) is 34.9 Å². The van der Waals surface area contributed by atoms with E-state index in [1.807, 2.05) is 32.9 Å². The van der Waals surface area contributed by atoms with E-state index >= 15 is 0 Å². The Morgan fingerprint density at radius 3 is 2.70 bits per heavy atom. The van der Waals surface area contributed by atoms with Crippen LogP contribution in [0.5, 0.6) is 0 Å². The summed E-state index contributed by atoms with van der Waals surface area (Å²) in [7, 11) is 0. The van der Waals surface area contributed by atoms with Crippen LogP contribution in [0.1, 0.15) is 38.9 Å². The van der Waals surface area contributed by atoms with Gasteiger partial charge in [-0.15, -0.1) is 0 Å². The molecule has 2 atom stereocenters. The molecule has 0 bridgehead atoms. The predicted molar refractivity (Wildman–Crippen MR) is 90.6 cm³/mol. The monoisotopic (exact) mass is 340 g/mol. The van der Waals surface area contributed by atoms with Crippen LogP contribution in [0.3, 0.4) is 0 Å². The third kappa shape index (κ3) is 5.68. The number of likely N-dealkylation sites (tertiary alicyclic amines) is 1. The molecule has 0 radical (unpaired) electrons. The fraction of sp³-hybridized carbons (Fsp3) is 0.588. The van der Waals surface area contributed by atoms with Gasteiger partial charge in [-0.05, 0) is 44.9 Å². The minimum absolute atomic E-state index is 0.171. The Labute approximate surface area is 142 Å². The second kappa shape index (κ2) is 7.51. The molecule has 23 heavy (non-hydrogen) atoms. The second-order valence-corrected chi connectivity index (χ2v) is 7.32. The van der Waals surface area contributed by atoms with Crippen LogP contribution in [-0.4, -0.2) is 47.4 Å². The quantitative estimate of drug-likeness (QED) is 0.884. The van der Waals surface area contributed by atoms with E-state index in [-0.39, 0.29) is 12.1 Å². The van der Waals surface area contributed by atoms with E-state index in [1.54, 1.807) is 17.0 Å². The van der Waals surface area contributed by atoms with E-state index in [9.17, 15) is 9.90 Å². The molecule has 1 saturated heterocycles. The average molecular weight is 341 g/mol. The molecule has 2 unspecified atom stereocenters. The fourth-order valence-corrected chi connectivity index (χ4v) is 2.63. The summed E-state index contributed by atoms with van der Waals surface area (Å²) in [4.78, 5) is 13.7. The minimum Gasteiger partial charge on any atom is -0.444 e. The van der Waals surface area contributed by atoms with Gasteiger partial charge in [0.25, 0.3) is 0 Å². The SMILES string of the molecule is CC(C)(C)OC(=O)N1CCC(NCC(O)c2ccc(Cl)cc2)C1. The number of rotatable bonds is 4. The highest BCUT2D eigenvalue weighted by Gasteiger charge is 2.29. The summed E-state index contributed by atoms with van der Waals surface area (Å²) in [6, 6.07) is 7.33. The zero-order chi connectivity index (χ0) is 17.0. The number of carbonyl (C=O) groups is 1. The van der Waals surface area contributed by atoms with Crippen LogP contribution in [0.25, 0.3) is 0 Å². The van der Waals surface area contributed by atoms with Gasteiger partial charge in [0.05, 0.1) is 6.10 Å². The summed E-state index contributed by atoms with van der Waals surface area (Å²) in [5.74, 6) is 0. The molecular formula is C17H25ClN2O3. The minimum atomic E-state index is -0.595. The van der Waals surface area contributed by atoms with Gasteiger partial charge in [0.1, 0.15) is 5.60 Å². The number of hydrogen-bond donors (Lipinski definition) is 2. The molecule has 1 aliphatic rings. The normalized spacial score (nSPS) is 19.7. The topological polar surface area (TPSA) is 61.8 Å². The molecule has 0 spiro atoms. The Hall–Kier alpha value is -1.30. The molecule has 2 rings (SSSR count). The molecular weight excluding hydrogens is 316 g/mol. The lowest BCUT2D eigenvalue weighted by molar-refractivity contribution is 0.0290. The molecule has 1 aromatic rings. The standard InChI is InChI=1S/C17H25ClN2O3/c1-17(2,3)23-16(22)20-9-8-14(11-20)19-10-15(21)12-4-6-13(18)7-5-12/h4-7,14-15,19,21H,8-11H2,1-3H3. The average Bonchev–Trinajstić information content (AvgIpc) is 2.93. The second-order valence-electron chi connectivity index (χ2n) is 6.89. The Morgan fingerprint density at radius 1 is 1.43 bits per heavy atom. The van der Waals surface area contributed by atoms with Crippen molar-refractivity contribution in [1.29, 1.82) is 0 Å². The molecule has 0 aromatic heterocycles. The van der Waals surface area contributed by atoms with Gasteiger partial charge in [0, 0.05) is 30.7 Å². The van der Waals surface area contributed by atoms with Crippen molar-refractivity contribution in [3.63, 3.8) is 0 Å². The van der Waals surface area contributed by atoms with Crippen molar-refractivity contribution in [3.8, 4) is 0 Å². The first-order valence-corrected chi connectivity index (χ1v) is 8.27. The van der Waals surface area contributed by atoms with Crippen molar-refractivity contribution in [1.82, 2.24) is 10.2 Å². The maximum absolute atomic E-state index is 12.0. The maximum Gasteiger partial charge on any atom is 0.410 e. The van der Waals surface area contributed by atoms with E-state index in [0.29, 0.717) is 24.7 Å². The molecule has 1 aromatic carbocycles. The molecule has 5 nitrogen and oxygen atoms in total. The van der Waals surface area contributed by atoms with Gasteiger partial charge in [0.15, 0.2) is 0 Å². The van der Waals surface area contributed by atoms with Gasteiger partial charge >= 0.3 is 6.09 Å². The summed E-state index contributed by atoms with van der Waals surface area (Å²) >= 11 is 5.84. The maximum atomic E-state index is 12.0. The lowest BCUT2D eigenvalue weighted by Crippen LogP contribution is -2.39. The van der Waals surface area contributed by atoms with Crippen LogP contribution in [0.15, 0.2) is 24.3 Å². The Balaban J connectivity index is 1.77. The van der Waals surface area contributed by atoms with Crippen molar-refractivity contribution in [2.24, 2.45) is 0 Å². The van der Waals surface area contributed by atoms with Gasteiger partial charge in [0.2, 0.25) is 0 Å². The Morgan fingerprint density at radius 2 is 2.09 bits per heavy atom. The van der Waals surface area contributed by atoms with Gasteiger partial charge < -0.3 is 20.1 Å².